The molecule has 0 aliphatic heterocycles. The van der Waals surface area contributed by atoms with Gasteiger partial charge in [-0.3, -0.25) is 4.79 Å². The van der Waals surface area contributed by atoms with Crippen LogP contribution in [0.2, 0.25) is 5.15 Å². The monoisotopic (exact) mass is 349 g/mol. The molecule has 7 nitrogen and oxygen atoms in total. The average molecular weight is 350 g/mol. The first-order valence-electron chi connectivity index (χ1n) is 7.66. The molecule has 2 heterocycles. The summed E-state index contributed by atoms with van der Waals surface area (Å²) >= 11 is 5.85. The second-order valence-electron chi connectivity index (χ2n) is 5.65. The maximum absolute atomic E-state index is 12.0. The van der Waals surface area contributed by atoms with Gasteiger partial charge < -0.3 is 9.84 Å². The number of aromatic carboxylic acids is 1. The van der Waals surface area contributed by atoms with Crippen molar-refractivity contribution >= 4 is 23.4 Å². The van der Waals surface area contributed by atoms with E-state index in [2.05, 4.69) is 10.1 Å². The summed E-state index contributed by atoms with van der Waals surface area (Å²) in [5.74, 6) is -0.261. The Morgan fingerprint density at radius 1 is 1.29 bits per heavy atom. The molecule has 8 heteroatoms. The molecule has 24 heavy (non-hydrogen) atoms. The minimum Gasteiger partial charge on any atom is -0.478 e. The van der Waals surface area contributed by atoms with Crippen molar-refractivity contribution in [2.75, 3.05) is 6.61 Å². The van der Waals surface area contributed by atoms with E-state index in [0.29, 0.717) is 11.7 Å². The van der Waals surface area contributed by atoms with Crippen molar-refractivity contribution in [1.82, 2.24) is 14.8 Å². The van der Waals surface area contributed by atoms with E-state index in [9.17, 15) is 9.59 Å². The molecular formula is C16H16ClN3O4. The minimum atomic E-state index is -1.14. The van der Waals surface area contributed by atoms with E-state index in [1.165, 1.54) is 16.8 Å². The highest BCUT2D eigenvalue weighted by Crippen LogP contribution is 2.25. The predicted octanol–water partition coefficient (Wildman–Crippen LogP) is 2.76. The summed E-state index contributed by atoms with van der Waals surface area (Å²) in [5.41, 5.74) is -0.0776. The Hall–Kier alpha value is -2.41. The van der Waals surface area contributed by atoms with Crippen LogP contribution >= 0.6 is 11.6 Å². The van der Waals surface area contributed by atoms with Gasteiger partial charge in [0.1, 0.15) is 11.8 Å². The molecule has 0 bridgehead atoms. The van der Waals surface area contributed by atoms with Crippen molar-refractivity contribution in [3.8, 4) is 11.7 Å². The smallest absolute Gasteiger partial charge is 0.338 e. The Morgan fingerprint density at radius 3 is 2.71 bits per heavy atom. The van der Waals surface area contributed by atoms with Gasteiger partial charge in [0.15, 0.2) is 11.6 Å². The van der Waals surface area contributed by atoms with Gasteiger partial charge in [-0.05, 0) is 25.0 Å². The molecule has 2 aromatic heterocycles. The molecule has 0 amide bonds. The van der Waals surface area contributed by atoms with Gasteiger partial charge in [0.05, 0.1) is 5.56 Å². The maximum Gasteiger partial charge on any atom is 0.338 e. The van der Waals surface area contributed by atoms with Crippen molar-refractivity contribution in [1.29, 1.82) is 0 Å². The van der Waals surface area contributed by atoms with Crippen LogP contribution < -0.4 is 4.74 Å². The SMILES string of the molecule is O=C(O)c1ccc(-n2ccc(OCC(=O)C3CCCC3)n2)nc1Cl. The number of aromatic nitrogens is 3. The average Bonchev–Trinajstić information content (AvgIpc) is 3.24. The van der Waals surface area contributed by atoms with Gasteiger partial charge in [0, 0.05) is 18.2 Å². The van der Waals surface area contributed by atoms with Gasteiger partial charge >= 0.3 is 5.97 Å². The molecule has 0 spiro atoms. The van der Waals surface area contributed by atoms with E-state index in [1.54, 1.807) is 12.3 Å². The number of carboxylic acid groups (broad SMARTS) is 1. The van der Waals surface area contributed by atoms with Crippen LogP contribution in [0.4, 0.5) is 0 Å². The normalized spacial score (nSPS) is 14.7. The predicted molar refractivity (Wildman–Crippen MR) is 85.8 cm³/mol. The highest BCUT2D eigenvalue weighted by atomic mass is 35.5. The van der Waals surface area contributed by atoms with Gasteiger partial charge in [-0.25, -0.2) is 14.5 Å². The third kappa shape index (κ3) is 3.56. The number of Topliss-reactive ketones (excluding diaryl/α,β-unsaturated/α-hetero) is 1. The lowest BCUT2D eigenvalue weighted by molar-refractivity contribution is -0.124. The fourth-order valence-electron chi connectivity index (χ4n) is 2.73. The number of ketones is 1. The first-order valence-corrected chi connectivity index (χ1v) is 8.04. The molecule has 3 rings (SSSR count). The highest BCUT2D eigenvalue weighted by molar-refractivity contribution is 6.32. The van der Waals surface area contributed by atoms with Crippen molar-refractivity contribution in [2.24, 2.45) is 5.92 Å². The Balaban J connectivity index is 1.66. The summed E-state index contributed by atoms with van der Waals surface area (Å²) < 4.78 is 6.85. The molecule has 2 aromatic rings. The van der Waals surface area contributed by atoms with Gasteiger partial charge in [-0.1, -0.05) is 24.4 Å². The number of ether oxygens (including phenoxy) is 1. The molecule has 1 aliphatic rings. The largest absolute Gasteiger partial charge is 0.478 e. The van der Waals surface area contributed by atoms with Crippen LogP contribution in [0.3, 0.4) is 0 Å². The van der Waals surface area contributed by atoms with Gasteiger partial charge in [-0.2, -0.15) is 0 Å². The van der Waals surface area contributed by atoms with Crippen LogP contribution in [0, 0.1) is 5.92 Å². The van der Waals surface area contributed by atoms with Gasteiger partial charge in [-0.15, -0.1) is 5.10 Å². The third-order valence-electron chi connectivity index (χ3n) is 4.04. The third-order valence-corrected chi connectivity index (χ3v) is 4.32. The summed E-state index contributed by atoms with van der Waals surface area (Å²) in [4.78, 5) is 26.9. The molecule has 0 unspecified atom stereocenters. The molecule has 1 fully saturated rings. The van der Waals surface area contributed by atoms with Crippen LogP contribution in [-0.2, 0) is 4.79 Å². The Kier molecular flexibility index (Phi) is 4.80. The summed E-state index contributed by atoms with van der Waals surface area (Å²) in [6.45, 7) is 0.00775. The van der Waals surface area contributed by atoms with Crippen molar-refractivity contribution in [2.45, 2.75) is 25.7 Å². The first kappa shape index (κ1) is 16.4. The number of carbonyl (C=O) groups is 2. The number of halogens is 1. The molecular weight excluding hydrogens is 334 g/mol. The van der Waals surface area contributed by atoms with E-state index in [-0.39, 0.29) is 29.0 Å². The van der Waals surface area contributed by atoms with Crippen LogP contribution in [-0.4, -0.2) is 38.2 Å². The summed E-state index contributed by atoms with van der Waals surface area (Å²) in [6, 6.07) is 4.47. The summed E-state index contributed by atoms with van der Waals surface area (Å²) in [7, 11) is 0. The standard InChI is InChI=1S/C16H16ClN3O4/c17-15-11(16(22)23)5-6-13(18-15)20-8-7-14(19-20)24-9-12(21)10-3-1-2-4-10/h5-8,10H,1-4,9H2,(H,22,23). The molecule has 0 radical (unpaired) electrons. The quantitative estimate of drug-likeness (QED) is 0.806. The van der Waals surface area contributed by atoms with Crippen LogP contribution in [0.15, 0.2) is 24.4 Å². The number of nitrogens with zero attached hydrogens (tertiary/aromatic N) is 3. The molecule has 0 atom stereocenters. The molecule has 1 N–H and O–H groups in total. The molecule has 1 aliphatic carbocycles. The van der Waals surface area contributed by atoms with E-state index in [0.717, 1.165) is 25.7 Å². The van der Waals surface area contributed by atoms with E-state index in [1.807, 2.05) is 0 Å². The zero-order valence-electron chi connectivity index (χ0n) is 12.8. The molecule has 1 saturated carbocycles. The zero-order chi connectivity index (χ0) is 17.1. The maximum atomic E-state index is 12.0. The Bertz CT molecular complexity index is 768. The fourth-order valence-corrected chi connectivity index (χ4v) is 2.96. The van der Waals surface area contributed by atoms with E-state index >= 15 is 0 Å². The number of hydrogen-bond acceptors (Lipinski definition) is 5. The number of hydrogen-bond donors (Lipinski definition) is 1. The highest BCUT2D eigenvalue weighted by Gasteiger charge is 2.23. The topological polar surface area (TPSA) is 94.3 Å². The number of pyridine rings is 1. The first-order chi connectivity index (χ1) is 11.5. The lowest BCUT2D eigenvalue weighted by atomic mass is 10.0. The lowest BCUT2D eigenvalue weighted by Crippen LogP contribution is -2.19. The van der Waals surface area contributed by atoms with Crippen molar-refractivity contribution < 1.29 is 19.4 Å². The Morgan fingerprint density at radius 2 is 2.04 bits per heavy atom. The van der Waals surface area contributed by atoms with E-state index in [4.69, 9.17) is 21.4 Å². The van der Waals surface area contributed by atoms with Gasteiger partial charge in [0.2, 0.25) is 5.88 Å². The second-order valence-corrected chi connectivity index (χ2v) is 6.01. The number of rotatable bonds is 6. The lowest BCUT2D eigenvalue weighted by Gasteiger charge is -2.07. The van der Waals surface area contributed by atoms with Crippen LogP contribution in [0.5, 0.6) is 5.88 Å². The summed E-state index contributed by atoms with van der Waals surface area (Å²) in [6.07, 6.45) is 5.69. The number of carboxylic acids is 1. The minimum absolute atomic E-state index is 0.00775. The van der Waals surface area contributed by atoms with Crippen molar-refractivity contribution in [3.63, 3.8) is 0 Å². The fraction of sp³-hybridized carbons (Fsp3) is 0.375. The summed E-state index contributed by atoms with van der Waals surface area (Å²) in [5, 5.41) is 13.0. The van der Waals surface area contributed by atoms with Crippen molar-refractivity contribution in [3.05, 3.63) is 35.1 Å². The zero-order valence-corrected chi connectivity index (χ0v) is 13.6. The van der Waals surface area contributed by atoms with E-state index < -0.39 is 5.97 Å². The molecule has 126 valence electrons. The van der Waals surface area contributed by atoms with Gasteiger partial charge in [0.25, 0.3) is 0 Å². The molecule has 0 saturated heterocycles. The van der Waals surface area contributed by atoms with Crippen LogP contribution in [0.1, 0.15) is 36.0 Å². The van der Waals surface area contributed by atoms with Crippen LogP contribution in [0.25, 0.3) is 5.82 Å². The second kappa shape index (κ2) is 7.00. The Labute approximate surface area is 143 Å². The molecule has 0 aromatic carbocycles. The number of carbonyl (C=O) groups excluding carboxylic acids is 1.